The summed E-state index contributed by atoms with van der Waals surface area (Å²) < 4.78 is 0. The number of carboxylic acid groups (broad SMARTS) is 2. The summed E-state index contributed by atoms with van der Waals surface area (Å²) in [5.74, 6) is -1.84. The zero-order chi connectivity index (χ0) is 19.9. The molecule has 0 fully saturated rings. The van der Waals surface area contributed by atoms with Crippen molar-refractivity contribution in [2.75, 3.05) is 0 Å². The molecule has 3 aromatic rings. The Kier molecular flexibility index (Phi) is 4.89. The lowest BCUT2D eigenvalue weighted by molar-refractivity contribution is 0.0685. The van der Waals surface area contributed by atoms with E-state index in [4.69, 9.17) is 0 Å². The van der Waals surface area contributed by atoms with E-state index in [2.05, 4.69) is 0 Å². The van der Waals surface area contributed by atoms with Crippen LogP contribution in [0.1, 0.15) is 43.0 Å². The minimum atomic E-state index is -0.927. The highest BCUT2D eigenvalue weighted by molar-refractivity contribution is 7.18. The van der Waals surface area contributed by atoms with E-state index in [-0.39, 0.29) is 0 Å². The molecule has 4 nitrogen and oxygen atoms in total. The highest BCUT2D eigenvalue weighted by Gasteiger charge is 2.16. The zero-order valence-corrected chi connectivity index (χ0v) is 16.4. The summed E-state index contributed by atoms with van der Waals surface area (Å²) in [7, 11) is 0. The second kappa shape index (κ2) is 7.00. The summed E-state index contributed by atoms with van der Waals surface area (Å²) in [6.07, 6.45) is 0. The van der Waals surface area contributed by atoms with Crippen LogP contribution in [0.4, 0.5) is 0 Å². The predicted octanol–water partition coefficient (Wildman–Crippen LogP) is 5.71. The molecule has 0 aliphatic carbocycles. The quantitative estimate of drug-likeness (QED) is 0.608. The van der Waals surface area contributed by atoms with E-state index >= 15 is 0 Å². The first-order chi connectivity index (χ1) is 12.7. The maximum atomic E-state index is 11.4. The number of rotatable bonds is 4. The molecule has 0 unspecified atom stereocenters. The lowest BCUT2D eigenvalue weighted by atomic mass is 9.97. The summed E-state index contributed by atoms with van der Waals surface area (Å²) in [5, 5.41) is 18.6. The number of hydrogen-bond acceptors (Lipinski definition) is 3. The Bertz CT molecular complexity index is 1030. The average molecular weight is 380 g/mol. The maximum absolute atomic E-state index is 11.4. The van der Waals surface area contributed by atoms with Crippen molar-refractivity contribution in [2.45, 2.75) is 27.7 Å². The molecule has 0 saturated carbocycles. The molecule has 2 aromatic carbocycles. The van der Waals surface area contributed by atoms with Gasteiger partial charge in [0.1, 0.15) is 0 Å². The predicted molar refractivity (Wildman–Crippen MR) is 108 cm³/mol. The van der Waals surface area contributed by atoms with Crippen molar-refractivity contribution in [1.82, 2.24) is 0 Å². The lowest BCUT2D eigenvalue weighted by Gasteiger charge is -2.10. The van der Waals surface area contributed by atoms with E-state index in [1.54, 1.807) is 23.5 Å². The third kappa shape index (κ3) is 3.51. The van der Waals surface area contributed by atoms with E-state index < -0.39 is 11.9 Å². The van der Waals surface area contributed by atoms with Crippen LogP contribution in [0.15, 0.2) is 36.4 Å². The van der Waals surface area contributed by atoms with Gasteiger partial charge in [0.15, 0.2) is 0 Å². The molecule has 0 radical (unpaired) electrons. The molecule has 0 amide bonds. The van der Waals surface area contributed by atoms with Crippen molar-refractivity contribution in [3.05, 3.63) is 69.8 Å². The van der Waals surface area contributed by atoms with E-state index in [0.717, 1.165) is 43.1 Å². The Morgan fingerprint density at radius 3 is 1.74 bits per heavy atom. The fourth-order valence-electron chi connectivity index (χ4n) is 3.55. The van der Waals surface area contributed by atoms with Crippen LogP contribution >= 0.6 is 11.3 Å². The van der Waals surface area contributed by atoms with Gasteiger partial charge in [0.2, 0.25) is 0 Å². The minimum absolute atomic E-state index is 0.293. The Morgan fingerprint density at radius 2 is 1.26 bits per heavy atom. The van der Waals surface area contributed by atoms with E-state index in [1.807, 2.05) is 52.0 Å². The van der Waals surface area contributed by atoms with Crippen LogP contribution in [0.2, 0.25) is 0 Å². The molecule has 0 spiro atoms. The Balaban J connectivity index is 2.06. The minimum Gasteiger partial charge on any atom is -0.478 e. The number of aryl methyl sites for hydroxylation is 4. The van der Waals surface area contributed by atoms with Crippen LogP contribution in [0.5, 0.6) is 0 Å². The molecular weight excluding hydrogens is 360 g/mol. The molecule has 3 rings (SSSR count). The van der Waals surface area contributed by atoms with Crippen molar-refractivity contribution >= 4 is 23.3 Å². The highest BCUT2D eigenvalue weighted by atomic mass is 32.1. The molecule has 0 aliphatic heterocycles. The van der Waals surface area contributed by atoms with E-state index in [9.17, 15) is 19.8 Å². The van der Waals surface area contributed by atoms with Crippen molar-refractivity contribution in [3.8, 4) is 20.9 Å². The first-order valence-corrected chi connectivity index (χ1v) is 9.30. The lowest BCUT2D eigenvalue weighted by Crippen LogP contribution is -2.03. The number of thiophene rings is 1. The average Bonchev–Trinajstić information content (AvgIpc) is 3.02. The molecular formula is C22H20O4S. The molecule has 0 aliphatic rings. The monoisotopic (exact) mass is 380 g/mol. The third-order valence-electron chi connectivity index (χ3n) is 4.66. The van der Waals surface area contributed by atoms with Gasteiger partial charge in [-0.2, -0.15) is 0 Å². The molecule has 1 heterocycles. The summed E-state index contributed by atoms with van der Waals surface area (Å²) in [5.41, 5.74) is 6.02. The first kappa shape index (κ1) is 18.9. The molecule has 27 heavy (non-hydrogen) atoms. The highest BCUT2D eigenvalue weighted by Crippen LogP contribution is 2.38. The van der Waals surface area contributed by atoms with Crippen LogP contribution in [-0.4, -0.2) is 22.2 Å². The zero-order valence-electron chi connectivity index (χ0n) is 15.6. The largest absolute Gasteiger partial charge is 0.478 e. The Labute approximate surface area is 161 Å². The number of hydrogen-bond donors (Lipinski definition) is 2. The number of carboxylic acids is 2. The van der Waals surface area contributed by atoms with Gasteiger partial charge in [0, 0.05) is 9.75 Å². The van der Waals surface area contributed by atoms with Gasteiger partial charge >= 0.3 is 11.9 Å². The molecule has 5 heteroatoms. The van der Waals surface area contributed by atoms with Crippen molar-refractivity contribution in [3.63, 3.8) is 0 Å². The van der Waals surface area contributed by atoms with Gasteiger partial charge in [-0.25, -0.2) is 9.59 Å². The van der Waals surface area contributed by atoms with Crippen molar-refractivity contribution in [2.24, 2.45) is 0 Å². The van der Waals surface area contributed by atoms with E-state index in [0.29, 0.717) is 11.1 Å². The van der Waals surface area contributed by atoms with Crippen molar-refractivity contribution < 1.29 is 19.8 Å². The van der Waals surface area contributed by atoms with Crippen LogP contribution in [0, 0.1) is 27.7 Å². The number of carbonyl (C=O) groups is 2. The topological polar surface area (TPSA) is 74.6 Å². The second-order valence-electron chi connectivity index (χ2n) is 6.74. The molecule has 138 valence electrons. The number of aromatic carboxylic acids is 2. The van der Waals surface area contributed by atoms with Gasteiger partial charge in [-0.15, -0.1) is 11.3 Å². The number of benzene rings is 2. The molecule has 0 bridgehead atoms. The van der Waals surface area contributed by atoms with Gasteiger partial charge < -0.3 is 10.2 Å². The van der Waals surface area contributed by atoms with Gasteiger partial charge in [0.25, 0.3) is 0 Å². The third-order valence-corrected chi connectivity index (χ3v) is 5.81. The summed E-state index contributed by atoms with van der Waals surface area (Å²) >= 11 is 1.62. The van der Waals surface area contributed by atoms with Crippen LogP contribution in [-0.2, 0) is 0 Å². The van der Waals surface area contributed by atoms with E-state index in [1.165, 1.54) is 0 Å². The molecule has 0 saturated heterocycles. The fraction of sp³-hybridized carbons (Fsp3) is 0.182. The second-order valence-corrected chi connectivity index (χ2v) is 7.83. The molecule has 2 N–H and O–H groups in total. The van der Waals surface area contributed by atoms with Crippen LogP contribution < -0.4 is 0 Å². The normalized spacial score (nSPS) is 10.8. The standard InChI is InChI=1S/C22H20O4S/c1-11-9-16(21(23)24)10-12(2)19(11)18-6-5-17(27-18)15-7-13(3)20(22(25)26)14(4)8-15/h5-10H,1-4H3,(H,23,24)(H,25,26). The fourth-order valence-corrected chi connectivity index (χ4v) is 4.71. The Hall–Kier alpha value is -2.92. The van der Waals surface area contributed by atoms with Crippen LogP contribution in [0.3, 0.4) is 0 Å². The van der Waals surface area contributed by atoms with Gasteiger partial charge in [-0.05, 0) is 97.5 Å². The first-order valence-electron chi connectivity index (χ1n) is 8.48. The summed E-state index contributed by atoms with van der Waals surface area (Å²) in [6, 6.07) is 11.3. The SMILES string of the molecule is Cc1cc(-c2ccc(-c3c(C)cc(C(=O)O)cc3C)s2)cc(C)c1C(=O)O. The van der Waals surface area contributed by atoms with Gasteiger partial charge in [-0.3, -0.25) is 0 Å². The van der Waals surface area contributed by atoms with Gasteiger partial charge in [-0.1, -0.05) is 0 Å². The van der Waals surface area contributed by atoms with Crippen molar-refractivity contribution in [1.29, 1.82) is 0 Å². The molecule has 0 atom stereocenters. The Morgan fingerprint density at radius 1 is 0.741 bits per heavy atom. The van der Waals surface area contributed by atoms with Crippen LogP contribution in [0.25, 0.3) is 20.9 Å². The molecule has 1 aromatic heterocycles. The summed E-state index contributed by atoms with van der Waals surface area (Å²) in [6.45, 7) is 7.47. The smallest absolute Gasteiger partial charge is 0.336 e. The summed E-state index contributed by atoms with van der Waals surface area (Å²) in [4.78, 5) is 24.7. The maximum Gasteiger partial charge on any atom is 0.336 e. The van der Waals surface area contributed by atoms with Gasteiger partial charge in [0.05, 0.1) is 11.1 Å².